The Balaban J connectivity index is 2.00. The smallest absolute Gasteiger partial charge is 0.341 e. The Bertz CT molecular complexity index is 1610. The van der Waals surface area contributed by atoms with E-state index in [1.54, 1.807) is 41.5 Å². The number of carbonyl (C=O) groups excluding carboxylic acids is 3. The van der Waals surface area contributed by atoms with Crippen LogP contribution >= 0.6 is 0 Å². The summed E-state index contributed by atoms with van der Waals surface area (Å²) < 4.78 is 12.0. The molecular weight excluding hydrogens is 516 g/mol. The second-order valence-electron chi connectivity index (χ2n) is 12.1. The normalized spacial score (nSPS) is 15.0. The fourth-order valence-corrected chi connectivity index (χ4v) is 5.26. The molecule has 2 aliphatic rings. The van der Waals surface area contributed by atoms with Gasteiger partial charge < -0.3 is 24.8 Å². The number of phenolic OH excluding ortho intramolecular Hbond substituents is 2. The first-order valence-electron chi connectivity index (χ1n) is 12.6. The lowest BCUT2D eigenvalue weighted by atomic mass is 9.72. The van der Waals surface area contributed by atoms with E-state index in [9.17, 15) is 34.5 Å². The standard InChI is InChI=1S/C31H28O9/c1-29(2,3)25(34)16-13-19-23(24(27(36)37)22(16)26(35)30(4,5)6)28(38)40-31(19)17-9-7-14(32)11-20(17)39-21-12-15(33)8-10-18(21)31/h7-13,32-33H,1-6H3,(H,36,37). The highest BCUT2D eigenvalue weighted by molar-refractivity contribution is 6.20. The summed E-state index contributed by atoms with van der Waals surface area (Å²) in [5.41, 5.74) is -4.82. The first-order chi connectivity index (χ1) is 18.5. The van der Waals surface area contributed by atoms with E-state index in [0.717, 1.165) is 0 Å². The zero-order chi connectivity index (χ0) is 29.5. The van der Waals surface area contributed by atoms with Gasteiger partial charge in [-0.2, -0.15) is 0 Å². The average Bonchev–Trinajstić information content (AvgIpc) is 3.12. The summed E-state index contributed by atoms with van der Waals surface area (Å²) >= 11 is 0. The zero-order valence-corrected chi connectivity index (χ0v) is 22.8. The maximum absolute atomic E-state index is 13.9. The summed E-state index contributed by atoms with van der Waals surface area (Å²) in [5, 5.41) is 30.8. The van der Waals surface area contributed by atoms with Crippen LogP contribution in [0.3, 0.4) is 0 Å². The Hall–Kier alpha value is -4.66. The van der Waals surface area contributed by atoms with Crippen molar-refractivity contribution in [2.45, 2.75) is 47.1 Å². The molecule has 40 heavy (non-hydrogen) atoms. The third-order valence-corrected chi connectivity index (χ3v) is 7.11. The minimum atomic E-state index is -1.81. The van der Waals surface area contributed by atoms with Gasteiger partial charge in [0.15, 0.2) is 17.2 Å². The molecule has 9 heteroatoms. The van der Waals surface area contributed by atoms with E-state index in [0.29, 0.717) is 0 Å². The zero-order valence-electron chi connectivity index (χ0n) is 22.8. The largest absolute Gasteiger partial charge is 0.508 e. The summed E-state index contributed by atoms with van der Waals surface area (Å²) in [6, 6.07) is 9.64. The average molecular weight is 545 g/mol. The van der Waals surface area contributed by atoms with Gasteiger partial charge in [-0.05, 0) is 30.3 Å². The van der Waals surface area contributed by atoms with Crippen LogP contribution in [-0.2, 0) is 10.3 Å². The molecule has 0 atom stereocenters. The summed E-state index contributed by atoms with van der Waals surface area (Å²) in [6.45, 7) is 9.75. The molecule has 0 fully saturated rings. The van der Waals surface area contributed by atoms with Crippen molar-refractivity contribution in [3.63, 3.8) is 0 Å². The number of benzene rings is 3. The number of esters is 1. The van der Waals surface area contributed by atoms with Gasteiger partial charge >= 0.3 is 11.9 Å². The fourth-order valence-electron chi connectivity index (χ4n) is 5.26. The molecule has 0 aliphatic carbocycles. The molecule has 0 saturated carbocycles. The van der Waals surface area contributed by atoms with Crippen LogP contribution in [0.4, 0.5) is 0 Å². The van der Waals surface area contributed by atoms with Crippen LogP contribution in [0.2, 0.25) is 0 Å². The highest BCUT2D eigenvalue weighted by atomic mass is 16.6. The van der Waals surface area contributed by atoms with Crippen molar-refractivity contribution in [1.82, 2.24) is 0 Å². The predicted molar refractivity (Wildman–Crippen MR) is 143 cm³/mol. The van der Waals surface area contributed by atoms with Crippen LogP contribution in [0.25, 0.3) is 0 Å². The number of hydrogen-bond acceptors (Lipinski definition) is 8. The lowest BCUT2D eigenvalue weighted by Gasteiger charge is -2.37. The number of aromatic hydroxyl groups is 2. The maximum atomic E-state index is 13.9. The Morgan fingerprint density at radius 1 is 0.725 bits per heavy atom. The number of ketones is 2. The highest BCUT2D eigenvalue weighted by Crippen LogP contribution is 2.58. The highest BCUT2D eigenvalue weighted by Gasteiger charge is 2.56. The number of phenols is 2. The summed E-state index contributed by atoms with van der Waals surface area (Å²) in [4.78, 5) is 54.2. The monoisotopic (exact) mass is 544 g/mol. The van der Waals surface area contributed by atoms with Crippen LogP contribution in [-0.4, -0.2) is 38.8 Å². The third-order valence-electron chi connectivity index (χ3n) is 7.11. The number of aromatic carboxylic acids is 1. The van der Waals surface area contributed by atoms with Gasteiger partial charge in [-0.1, -0.05) is 41.5 Å². The minimum absolute atomic E-state index is 0.0372. The second-order valence-corrected chi connectivity index (χ2v) is 12.1. The van der Waals surface area contributed by atoms with Gasteiger partial charge in [0.2, 0.25) is 0 Å². The number of hydrogen-bond donors (Lipinski definition) is 3. The molecule has 0 amide bonds. The van der Waals surface area contributed by atoms with Crippen LogP contribution in [0, 0.1) is 10.8 Å². The molecule has 3 N–H and O–H groups in total. The number of carbonyl (C=O) groups is 4. The molecule has 206 valence electrons. The Labute approximate surface area is 230 Å². The molecule has 9 nitrogen and oxygen atoms in total. The first kappa shape index (κ1) is 26.9. The predicted octanol–water partition coefficient (Wildman–Crippen LogP) is 5.82. The first-order valence-corrected chi connectivity index (χ1v) is 12.6. The summed E-state index contributed by atoms with van der Waals surface area (Å²) in [6.07, 6.45) is 0. The topological polar surface area (TPSA) is 147 Å². The summed E-state index contributed by atoms with van der Waals surface area (Å²) in [7, 11) is 0. The van der Waals surface area contributed by atoms with Crippen LogP contribution in [0.1, 0.15) is 99.7 Å². The van der Waals surface area contributed by atoms with Gasteiger partial charge in [0, 0.05) is 50.8 Å². The third kappa shape index (κ3) is 3.76. The number of rotatable bonds is 3. The minimum Gasteiger partial charge on any atom is -0.508 e. The van der Waals surface area contributed by atoms with Gasteiger partial charge in [0.1, 0.15) is 23.0 Å². The van der Waals surface area contributed by atoms with Gasteiger partial charge in [0.25, 0.3) is 0 Å². The molecule has 1 spiro atoms. The van der Waals surface area contributed by atoms with E-state index in [2.05, 4.69) is 0 Å². The maximum Gasteiger partial charge on any atom is 0.341 e. The molecule has 2 heterocycles. The molecular formula is C31H28O9. The molecule has 0 unspecified atom stereocenters. The van der Waals surface area contributed by atoms with Crippen LogP contribution in [0.5, 0.6) is 23.0 Å². The van der Waals surface area contributed by atoms with Crippen LogP contribution < -0.4 is 4.74 Å². The van der Waals surface area contributed by atoms with E-state index in [1.807, 2.05) is 0 Å². The van der Waals surface area contributed by atoms with Crippen molar-refractivity contribution in [3.05, 3.63) is 81.4 Å². The fraction of sp³-hybridized carbons (Fsp3) is 0.290. The molecule has 0 saturated heterocycles. The molecule has 2 aliphatic heterocycles. The van der Waals surface area contributed by atoms with E-state index >= 15 is 0 Å². The van der Waals surface area contributed by atoms with Crippen molar-refractivity contribution in [1.29, 1.82) is 0 Å². The van der Waals surface area contributed by atoms with Gasteiger partial charge in [-0.25, -0.2) is 9.59 Å². The Kier molecular flexibility index (Phi) is 5.67. The molecule has 0 aromatic heterocycles. The lowest BCUT2D eigenvalue weighted by molar-refractivity contribution is 0.0222. The van der Waals surface area contributed by atoms with Gasteiger partial charge in [0.05, 0.1) is 11.1 Å². The molecule has 3 aromatic rings. The van der Waals surface area contributed by atoms with Crippen molar-refractivity contribution in [2.24, 2.45) is 10.8 Å². The number of fused-ring (bicyclic) bond motifs is 6. The number of carboxylic acids is 1. The van der Waals surface area contributed by atoms with Crippen molar-refractivity contribution in [3.8, 4) is 23.0 Å². The molecule has 5 rings (SSSR count). The van der Waals surface area contributed by atoms with Crippen molar-refractivity contribution in [2.75, 3.05) is 0 Å². The van der Waals surface area contributed by atoms with Crippen LogP contribution in [0.15, 0.2) is 42.5 Å². The number of Topliss-reactive ketones (excluding diaryl/α,β-unsaturated/α-hetero) is 2. The lowest BCUT2D eigenvalue weighted by Crippen LogP contribution is -2.34. The Morgan fingerprint density at radius 3 is 1.68 bits per heavy atom. The van der Waals surface area contributed by atoms with E-state index in [4.69, 9.17) is 9.47 Å². The van der Waals surface area contributed by atoms with E-state index in [1.165, 1.54) is 42.5 Å². The summed E-state index contributed by atoms with van der Waals surface area (Å²) in [5.74, 6) is -3.80. The quantitative estimate of drug-likeness (QED) is 0.274. The molecule has 3 aromatic carbocycles. The van der Waals surface area contributed by atoms with Gasteiger partial charge in [-0.3, -0.25) is 9.59 Å². The van der Waals surface area contributed by atoms with Crippen molar-refractivity contribution >= 4 is 23.5 Å². The number of carboxylic acid groups (broad SMARTS) is 1. The van der Waals surface area contributed by atoms with Gasteiger partial charge in [-0.15, -0.1) is 0 Å². The Morgan fingerprint density at radius 2 is 1.23 bits per heavy atom. The molecule has 0 radical (unpaired) electrons. The van der Waals surface area contributed by atoms with E-state index in [-0.39, 0.29) is 56.4 Å². The SMILES string of the molecule is CC(C)(C)C(=O)c1cc2c(c(C(=O)O)c1C(=O)C(C)(C)C)C(=O)OC21c2ccc(O)cc2Oc2cc(O)ccc21. The number of ether oxygens (including phenoxy) is 2. The molecule has 0 bridgehead atoms. The van der Waals surface area contributed by atoms with Crippen molar-refractivity contribution < 1.29 is 44.0 Å². The van der Waals surface area contributed by atoms with E-state index < -0.39 is 45.5 Å². The second kappa shape index (κ2) is 8.42.